The maximum Gasteiger partial charge on any atom is 0.319 e. The maximum atomic E-state index is 12.5. The molecule has 0 saturated carbocycles. The SMILES string of the molecule is CC(Cc1ccc(NC(=O)C2CCN(C(=O)N3CCCC3)CC2)cc1)C(=O)O. The molecule has 2 fully saturated rings. The first-order valence-corrected chi connectivity index (χ1v) is 10.1. The van der Waals surface area contributed by atoms with Crippen molar-refractivity contribution in [2.24, 2.45) is 11.8 Å². The molecule has 0 aromatic heterocycles. The molecule has 2 aliphatic heterocycles. The number of anilines is 1. The van der Waals surface area contributed by atoms with Crippen LogP contribution in [0.15, 0.2) is 24.3 Å². The summed E-state index contributed by atoms with van der Waals surface area (Å²) in [5.74, 6) is -1.35. The van der Waals surface area contributed by atoms with E-state index in [0.717, 1.165) is 31.5 Å². The number of hydrogen-bond acceptors (Lipinski definition) is 3. The lowest BCUT2D eigenvalue weighted by Crippen LogP contribution is -2.47. The van der Waals surface area contributed by atoms with Gasteiger partial charge in [0.25, 0.3) is 0 Å². The molecule has 1 unspecified atom stereocenters. The summed E-state index contributed by atoms with van der Waals surface area (Å²) in [6.45, 7) is 4.62. The van der Waals surface area contributed by atoms with Gasteiger partial charge in [-0.3, -0.25) is 9.59 Å². The van der Waals surface area contributed by atoms with Crippen molar-refractivity contribution in [3.8, 4) is 0 Å². The quantitative estimate of drug-likeness (QED) is 0.813. The third-order valence-electron chi connectivity index (χ3n) is 5.70. The minimum atomic E-state index is -0.813. The second-order valence-corrected chi connectivity index (χ2v) is 7.87. The van der Waals surface area contributed by atoms with Gasteiger partial charge in [-0.05, 0) is 49.8 Å². The van der Waals surface area contributed by atoms with Crippen molar-refractivity contribution in [3.63, 3.8) is 0 Å². The van der Waals surface area contributed by atoms with Gasteiger partial charge in [0.1, 0.15) is 0 Å². The molecule has 0 spiro atoms. The van der Waals surface area contributed by atoms with E-state index in [1.807, 2.05) is 34.1 Å². The van der Waals surface area contributed by atoms with E-state index in [2.05, 4.69) is 5.32 Å². The highest BCUT2D eigenvalue weighted by atomic mass is 16.4. The Hall–Kier alpha value is -2.57. The highest BCUT2D eigenvalue weighted by Crippen LogP contribution is 2.22. The number of nitrogens with zero attached hydrogens (tertiary/aromatic N) is 2. The summed E-state index contributed by atoms with van der Waals surface area (Å²) in [4.78, 5) is 39.7. The molecule has 3 rings (SSSR count). The summed E-state index contributed by atoms with van der Waals surface area (Å²) in [6, 6.07) is 7.45. The van der Waals surface area contributed by atoms with Gasteiger partial charge in [0.15, 0.2) is 0 Å². The lowest BCUT2D eigenvalue weighted by atomic mass is 9.96. The van der Waals surface area contributed by atoms with Gasteiger partial charge in [-0.25, -0.2) is 4.79 Å². The Balaban J connectivity index is 1.46. The van der Waals surface area contributed by atoms with Crippen LogP contribution in [0.25, 0.3) is 0 Å². The van der Waals surface area contributed by atoms with Crippen LogP contribution in [0.5, 0.6) is 0 Å². The first kappa shape index (κ1) is 20.2. The van der Waals surface area contributed by atoms with Crippen LogP contribution < -0.4 is 5.32 Å². The zero-order valence-corrected chi connectivity index (χ0v) is 16.4. The first-order valence-electron chi connectivity index (χ1n) is 10.1. The molecule has 0 bridgehead atoms. The molecule has 2 aliphatic rings. The molecular formula is C21H29N3O4. The number of likely N-dealkylation sites (tertiary alicyclic amines) is 2. The average Bonchev–Trinajstić information content (AvgIpc) is 3.23. The van der Waals surface area contributed by atoms with Crippen molar-refractivity contribution < 1.29 is 19.5 Å². The first-order chi connectivity index (χ1) is 13.4. The fourth-order valence-electron chi connectivity index (χ4n) is 3.85. The van der Waals surface area contributed by atoms with Crippen LogP contribution in [0.2, 0.25) is 0 Å². The second-order valence-electron chi connectivity index (χ2n) is 7.87. The van der Waals surface area contributed by atoms with E-state index in [1.54, 1.807) is 6.92 Å². The Labute approximate surface area is 165 Å². The van der Waals surface area contributed by atoms with E-state index >= 15 is 0 Å². The number of carboxylic acid groups (broad SMARTS) is 1. The molecule has 2 N–H and O–H groups in total. The van der Waals surface area contributed by atoms with Gasteiger partial charge in [-0.15, -0.1) is 0 Å². The van der Waals surface area contributed by atoms with E-state index in [4.69, 9.17) is 5.11 Å². The summed E-state index contributed by atoms with van der Waals surface area (Å²) in [6.07, 6.45) is 3.99. The zero-order valence-electron chi connectivity index (χ0n) is 16.4. The van der Waals surface area contributed by atoms with Gasteiger partial charge in [-0.1, -0.05) is 19.1 Å². The number of rotatable bonds is 5. The van der Waals surface area contributed by atoms with E-state index in [1.165, 1.54) is 0 Å². The van der Waals surface area contributed by atoms with Gasteiger partial charge in [0.2, 0.25) is 5.91 Å². The smallest absolute Gasteiger partial charge is 0.319 e. The average molecular weight is 387 g/mol. The summed E-state index contributed by atoms with van der Waals surface area (Å²) < 4.78 is 0. The molecule has 1 atom stereocenters. The molecule has 3 amide bonds. The highest BCUT2D eigenvalue weighted by molar-refractivity contribution is 5.92. The third kappa shape index (κ3) is 5.03. The minimum Gasteiger partial charge on any atom is -0.481 e. The topological polar surface area (TPSA) is 90.0 Å². The van der Waals surface area contributed by atoms with Crippen molar-refractivity contribution in [2.45, 2.75) is 39.0 Å². The van der Waals surface area contributed by atoms with Crippen LogP contribution in [-0.2, 0) is 16.0 Å². The predicted molar refractivity (Wildman–Crippen MR) is 106 cm³/mol. The molecule has 2 heterocycles. The Bertz CT molecular complexity index is 705. The zero-order chi connectivity index (χ0) is 20.1. The lowest BCUT2D eigenvalue weighted by molar-refractivity contribution is -0.141. The molecule has 1 aromatic rings. The third-order valence-corrected chi connectivity index (χ3v) is 5.70. The number of urea groups is 1. The van der Waals surface area contributed by atoms with Crippen molar-refractivity contribution in [3.05, 3.63) is 29.8 Å². The molecule has 152 valence electrons. The number of carboxylic acids is 1. The number of aliphatic carboxylic acids is 1. The Morgan fingerprint density at radius 1 is 1.04 bits per heavy atom. The van der Waals surface area contributed by atoms with Gasteiger partial charge in [0, 0.05) is 37.8 Å². The number of hydrogen-bond donors (Lipinski definition) is 2. The maximum absolute atomic E-state index is 12.5. The number of amides is 3. The Kier molecular flexibility index (Phi) is 6.54. The molecule has 0 aliphatic carbocycles. The molecule has 28 heavy (non-hydrogen) atoms. The van der Waals surface area contributed by atoms with Gasteiger partial charge in [0.05, 0.1) is 5.92 Å². The highest BCUT2D eigenvalue weighted by Gasteiger charge is 2.30. The predicted octanol–water partition coefficient (Wildman–Crippen LogP) is 2.82. The van der Waals surface area contributed by atoms with Gasteiger partial charge >= 0.3 is 12.0 Å². The molecule has 2 saturated heterocycles. The fourth-order valence-corrected chi connectivity index (χ4v) is 3.85. The standard InChI is InChI=1S/C21H29N3O4/c1-15(20(26)27)14-16-4-6-18(7-5-16)22-19(25)17-8-12-24(13-9-17)21(28)23-10-2-3-11-23/h4-7,15,17H,2-3,8-14H2,1H3,(H,22,25)(H,26,27). The van der Waals surface area contributed by atoms with E-state index in [-0.39, 0.29) is 17.9 Å². The van der Waals surface area contributed by atoms with E-state index < -0.39 is 11.9 Å². The second kappa shape index (κ2) is 9.08. The van der Waals surface area contributed by atoms with Crippen LogP contribution in [0.4, 0.5) is 10.5 Å². The van der Waals surface area contributed by atoms with Crippen LogP contribution >= 0.6 is 0 Å². The van der Waals surface area contributed by atoms with Crippen LogP contribution in [0.1, 0.15) is 38.2 Å². The van der Waals surface area contributed by atoms with Gasteiger partial charge in [-0.2, -0.15) is 0 Å². The fraction of sp³-hybridized carbons (Fsp3) is 0.571. The van der Waals surface area contributed by atoms with Crippen molar-refractivity contribution in [1.82, 2.24) is 9.80 Å². The largest absolute Gasteiger partial charge is 0.481 e. The summed E-state index contributed by atoms with van der Waals surface area (Å²) in [5, 5.41) is 11.9. The van der Waals surface area contributed by atoms with Crippen LogP contribution in [-0.4, -0.2) is 59.0 Å². The van der Waals surface area contributed by atoms with E-state index in [9.17, 15) is 14.4 Å². The monoisotopic (exact) mass is 387 g/mol. The molecule has 7 nitrogen and oxygen atoms in total. The lowest BCUT2D eigenvalue weighted by Gasteiger charge is -2.34. The molecule has 7 heteroatoms. The normalized spacial score (nSPS) is 18.8. The minimum absolute atomic E-state index is 0.0140. The Morgan fingerprint density at radius 3 is 2.18 bits per heavy atom. The van der Waals surface area contributed by atoms with Crippen molar-refractivity contribution in [2.75, 3.05) is 31.5 Å². The molecule has 0 radical (unpaired) electrons. The number of carbonyl (C=O) groups is 3. The van der Waals surface area contributed by atoms with Gasteiger partial charge < -0.3 is 20.2 Å². The van der Waals surface area contributed by atoms with E-state index in [0.29, 0.717) is 38.0 Å². The number of piperidine rings is 1. The van der Waals surface area contributed by atoms with Crippen molar-refractivity contribution >= 4 is 23.6 Å². The van der Waals surface area contributed by atoms with Crippen LogP contribution in [0.3, 0.4) is 0 Å². The summed E-state index contributed by atoms with van der Waals surface area (Å²) >= 11 is 0. The van der Waals surface area contributed by atoms with Crippen LogP contribution in [0, 0.1) is 11.8 Å². The Morgan fingerprint density at radius 2 is 1.61 bits per heavy atom. The number of benzene rings is 1. The number of nitrogens with one attached hydrogen (secondary N) is 1. The number of carbonyl (C=O) groups excluding carboxylic acids is 2. The molecule has 1 aromatic carbocycles. The summed E-state index contributed by atoms with van der Waals surface area (Å²) in [7, 11) is 0. The van der Waals surface area contributed by atoms with Crippen molar-refractivity contribution in [1.29, 1.82) is 0 Å². The summed E-state index contributed by atoms with van der Waals surface area (Å²) in [5.41, 5.74) is 1.65. The molecular weight excluding hydrogens is 358 g/mol.